The molecule has 0 unspecified atom stereocenters. The van der Waals surface area contributed by atoms with Gasteiger partial charge in [-0.2, -0.15) is 13.2 Å². The van der Waals surface area contributed by atoms with Crippen LogP contribution in [-0.4, -0.2) is 18.5 Å². The van der Waals surface area contributed by atoms with Gasteiger partial charge >= 0.3 is 6.18 Å². The van der Waals surface area contributed by atoms with E-state index < -0.39 is 23.2 Å². The minimum Gasteiger partial charge on any atom is -0.354 e. The average Bonchev–Trinajstić information content (AvgIpc) is 2.36. The molecule has 1 aliphatic carbocycles. The molecule has 0 aromatic heterocycles. The van der Waals surface area contributed by atoms with Gasteiger partial charge in [0, 0.05) is 12.0 Å². The summed E-state index contributed by atoms with van der Waals surface area (Å²) in [6.07, 6.45) is -1.86. The number of nitrogens with two attached hydrogens (primary N) is 1. The first-order valence-corrected chi connectivity index (χ1v) is 6.96. The zero-order chi connectivity index (χ0) is 15.7. The molecule has 2 rings (SSSR count). The molecule has 7 heteroatoms. The Bertz CT molecular complexity index is 528. The van der Waals surface area contributed by atoms with Crippen LogP contribution in [-0.2, 0) is 16.4 Å². The predicted molar refractivity (Wildman–Crippen MR) is 80.9 cm³/mol. The second-order valence-corrected chi connectivity index (χ2v) is 5.72. The van der Waals surface area contributed by atoms with E-state index in [1.165, 1.54) is 12.1 Å². The Morgan fingerprint density at radius 1 is 1.41 bits per heavy atom. The molecule has 1 fully saturated rings. The van der Waals surface area contributed by atoms with Crippen molar-refractivity contribution < 1.29 is 18.0 Å². The molecule has 1 aromatic carbocycles. The third-order valence-electron chi connectivity index (χ3n) is 4.13. The van der Waals surface area contributed by atoms with E-state index >= 15 is 0 Å². The van der Waals surface area contributed by atoms with Crippen LogP contribution in [0.15, 0.2) is 24.3 Å². The maximum Gasteiger partial charge on any atom is 0.416 e. The lowest BCUT2D eigenvalue weighted by Gasteiger charge is -2.43. The summed E-state index contributed by atoms with van der Waals surface area (Å²) in [6, 6.07) is 4.76. The van der Waals surface area contributed by atoms with Gasteiger partial charge < -0.3 is 11.1 Å². The second kappa shape index (κ2) is 6.87. The van der Waals surface area contributed by atoms with Crippen molar-refractivity contribution in [2.75, 3.05) is 6.54 Å². The van der Waals surface area contributed by atoms with Gasteiger partial charge in [0.15, 0.2) is 0 Å². The summed E-state index contributed by atoms with van der Waals surface area (Å²) < 4.78 is 38.4. The van der Waals surface area contributed by atoms with Crippen molar-refractivity contribution in [1.29, 1.82) is 0 Å². The highest BCUT2D eigenvalue weighted by molar-refractivity contribution is 5.85. The highest BCUT2D eigenvalue weighted by Crippen LogP contribution is 2.44. The van der Waals surface area contributed by atoms with E-state index in [1.807, 2.05) is 0 Å². The third-order valence-corrected chi connectivity index (χ3v) is 4.13. The second-order valence-electron chi connectivity index (χ2n) is 5.72. The molecule has 1 aliphatic rings. The van der Waals surface area contributed by atoms with Crippen molar-refractivity contribution in [2.24, 2.45) is 5.73 Å². The Labute approximate surface area is 133 Å². The monoisotopic (exact) mass is 336 g/mol. The van der Waals surface area contributed by atoms with Gasteiger partial charge in [-0.05, 0) is 31.4 Å². The van der Waals surface area contributed by atoms with Crippen LogP contribution in [0.2, 0.25) is 0 Å². The quantitative estimate of drug-likeness (QED) is 0.888. The van der Waals surface area contributed by atoms with Crippen LogP contribution < -0.4 is 11.1 Å². The lowest BCUT2D eigenvalue weighted by atomic mass is 9.64. The number of carbonyl (C=O) groups excluding carboxylic acids is 1. The number of amides is 1. The Morgan fingerprint density at radius 2 is 2.05 bits per heavy atom. The number of benzene rings is 1. The van der Waals surface area contributed by atoms with Gasteiger partial charge in [-0.15, -0.1) is 12.4 Å². The molecule has 124 valence electrons. The highest BCUT2D eigenvalue weighted by atomic mass is 35.5. The predicted octanol–water partition coefficient (Wildman–Crippen LogP) is 3.01. The minimum atomic E-state index is -4.35. The van der Waals surface area contributed by atoms with Crippen molar-refractivity contribution in [3.63, 3.8) is 0 Å². The molecular formula is C15H20ClF3N2O. The average molecular weight is 337 g/mol. The number of hydrogen-bond donors (Lipinski definition) is 2. The topological polar surface area (TPSA) is 55.1 Å². The molecule has 0 radical (unpaired) electrons. The largest absolute Gasteiger partial charge is 0.416 e. The van der Waals surface area contributed by atoms with Gasteiger partial charge in [-0.1, -0.05) is 24.6 Å². The van der Waals surface area contributed by atoms with Crippen molar-refractivity contribution >= 4 is 18.3 Å². The van der Waals surface area contributed by atoms with E-state index in [0.717, 1.165) is 25.3 Å². The van der Waals surface area contributed by atoms with Crippen molar-refractivity contribution in [2.45, 2.75) is 43.8 Å². The first-order valence-electron chi connectivity index (χ1n) is 6.96. The Kier molecular flexibility index (Phi) is 5.87. The van der Waals surface area contributed by atoms with Crippen molar-refractivity contribution in [3.8, 4) is 0 Å². The van der Waals surface area contributed by atoms with E-state index in [0.29, 0.717) is 12.1 Å². The maximum atomic E-state index is 12.8. The van der Waals surface area contributed by atoms with Gasteiger partial charge in [0.2, 0.25) is 5.91 Å². The van der Waals surface area contributed by atoms with Gasteiger partial charge in [-0.25, -0.2) is 0 Å². The van der Waals surface area contributed by atoms with Crippen molar-refractivity contribution in [1.82, 2.24) is 5.32 Å². The van der Waals surface area contributed by atoms with Crippen LogP contribution in [0.25, 0.3) is 0 Å². The molecule has 0 aliphatic heterocycles. The van der Waals surface area contributed by atoms with E-state index in [4.69, 9.17) is 5.73 Å². The number of nitrogens with one attached hydrogen (secondary N) is 1. The molecule has 0 bridgehead atoms. The summed E-state index contributed by atoms with van der Waals surface area (Å²) >= 11 is 0. The van der Waals surface area contributed by atoms with Crippen LogP contribution in [0.4, 0.5) is 13.2 Å². The molecule has 1 atom stereocenters. The molecule has 0 spiro atoms. The molecule has 0 saturated heterocycles. The molecular weight excluding hydrogens is 317 g/mol. The summed E-state index contributed by atoms with van der Waals surface area (Å²) in [7, 11) is 0. The van der Waals surface area contributed by atoms with Crippen LogP contribution in [0.5, 0.6) is 0 Å². The molecule has 1 saturated carbocycles. The van der Waals surface area contributed by atoms with Crippen LogP contribution in [0, 0.1) is 0 Å². The Morgan fingerprint density at radius 3 is 2.50 bits per heavy atom. The standard InChI is InChI=1S/C15H19F3N2O.ClH/c1-10(19)13(21)20-9-14(6-3-7-14)11-4-2-5-12(8-11)15(16,17)18;/h2,4-5,8,10H,3,6-7,9,19H2,1H3,(H,20,21);1H/t10-;/m1./s1. The first-order chi connectivity index (χ1) is 9.74. The van der Waals surface area contributed by atoms with E-state index in [1.54, 1.807) is 13.0 Å². The highest BCUT2D eigenvalue weighted by Gasteiger charge is 2.40. The Balaban J connectivity index is 0.00000242. The van der Waals surface area contributed by atoms with Crippen LogP contribution in [0.3, 0.4) is 0 Å². The van der Waals surface area contributed by atoms with Gasteiger partial charge in [0.05, 0.1) is 11.6 Å². The number of halogens is 4. The molecule has 1 aromatic rings. The van der Waals surface area contributed by atoms with E-state index in [9.17, 15) is 18.0 Å². The SMILES string of the molecule is C[C@@H](N)C(=O)NCC1(c2cccc(C(F)(F)F)c2)CCC1.Cl. The summed E-state index contributed by atoms with van der Waals surface area (Å²) in [5.74, 6) is -0.284. The molecule has 3 N–H and O–H groups in total. The van der Waals surface area contributed by atoms with Gasteiger partial charge in [0.1, 0.15) is 0 Å². The summed E-state index contributed by atoms with van der Waals surface area (Å²) in [5.41, 5.74) is 5.07. The number of carbonyl (C=O) groups is 1. The molecule has 0 heterocycles. The Hall–Kier alpha value is -1.27. The van der Waals surface area contributed by atoms with Crippen LogP contribution in [0.1, 0.15) is 37.3 Å². The normalized spacial score (nSPS) is 17.9. The zero-order valence-electron chi connectivity index (χ0n) is 12.2. The summed E-state index contributed by atoms with van der Waals surface area (Å²) in [5, 5.41) is 2.74. The van der Waals surface area contributed by atoms with Gasteiger partial charge in [0.25, 0.3) is 0 Å². The van der Waals surface area contributed by atoms with Crippen LogP contribution >= 0.6 is 12.4 Å². The fourth-order valence-electron chi connectivity index (χ4n) is 2.61. The zero-order valence-corrected chi connectivity index (χ0v) is 13.1. The molecule has 22 heavy (non-hydrogen) atoms. The third kappa shape index (κ3) is 3.93. The molecule has 3 nitrogen and oxygen atoms in total. The van der Waals surface area contributed by atoms with E-state index in [2.05, 4.69) is 5.32 Å². The summed E-state index contributed by atoms with van der Waals surface area (Å²) in [6.45, 7) is 1.90. The fraction of sp³-hybridized carbons (Fsp3) is 0.533. The van der Waals surface area contributed by atoms with E-state index in [-0.39, 0.29) is 18.3 Å². The molecule has 1 amide bonds. The first kappa shape index (κ1) is 18.8. The lowest BCUT2D eigenvalue weighted by Crippen LogP contribution is -2.49. The number of hydrogen-bond acceptors (Lipinski definition) is 2. The summed E-state index contributed by atoms with van der Waals surface area (Å²) in [4.78, 5) is 11.6. The number of rotatable bonds is 4. The van der Waals surface area contributed by atoms with Gasteiger partial charge in [-0.3, -0.25) is 4.79 Å². The number of alkyl halides is 3. The maximum absolute atomic E-state index is 12.8. The smallest absolute Gasteiger partial charge is 0.354 e. The lowest BCUT2D eigenvalue weighted by molar-refractivity contribution is -0.137. The van der Waals surface area contributed by atoms with Crippen molar-refractivity contribution in [3.05, 3.63) is 35.4 Å². The fourth-order valence-corrected chi connectivity index (χ4v) is 2.61. The minimum absolute atomic E-state index is 0.